The summed E-state index contributed by atoms with van der Waals surface area (Å²) in [5.74, 6) is 0.679. The van der Waals surface area contributed by atoms with E-state index in [1.807, 2.05) is 46.0 Å². The third kappa shape index (κ3) is 4.81. The van der Waals surface area contributed by atoms with Gasteiger partial charge in [0.05, 0.1) is 6.54 Å². The number of hydrogen-bond acceptors (Lipinski definition) is 5. The van der Waals surface area contributed by atoms with E-state index in [2.05, 4.69) is 9.88 Å². The van der Waals surface area contributed by atoms with Crippen LogP contribution in [-0.4, -0.2) is 64.5 Å². The zero-order valence-corrected chi connectivity index (χ0v) is 16.2. The maximum Gasteiger partial charge on any atom is 0.410 e. The zero-order chi connectivity index (χ0) is 18.9. The highest BCUT2D eigenvalue weighted by molar-refractivity contribution is 5.95. The van der Waals surface area contributed by atoms with Crippen LogP contribution in [0.15, 0.2) is 18.3 Å². The number of amides is 1. The molecular weight excluding hydrogens is 330 g/mol. The smallest absolute Gasteiger partial charge is 0.410 e. The summed E-state index contributed by atoms with van der Waals surface area (Å²) < 4.78 is 5.46. The Hall–Kier alpha value is -1.95. The molecule has 3 rings (SSSR count). The van der Waals surface area contributed by atoms with Crippen molar-refractivity contribution in [2.24, 2.45) is 0 Å². The van der Waals surface area contributed by atoms with Gasteiger partial charge >= 0.3 is 6.09 Å². The SMILES string of the molecule is C[C@@H]1CN(CC(=O)c2ccc(C3CC3)cn2)CCN1C(=O)OC(C)(C)C. The Balaban J connectivity index is 1.52. The zero-order valence-electron chi connectivity index (χ0n) is 16.2. The molecule has 0 bridgehead atoms. The number of ketones is 1. The van der Waals surface area contributed by atoms with Crippen LogP contribution in [-0.2, 0) is 4.74 Å². The molecule has 2 fully saturated rings. The molecule has 1 saturated heterocycles. The molecule has 0 radical (unpaired) electrons. The molecule has 1 aromatic rings. The van der Waals surface area contributed by atoms with Crippen molar-refractivity contribution < 1.29 is 14.3 Å². The van der Waals surface area contributed by atoms with Gasteiger partial charge in [0.15, 0.2) is 5.78 Å². The van der Waals surface area contributed by atoms with Crippen LogP contribution in [0.3, 0.4) is 0 Å². The van der Waals surface area contributed by atoms with Crippen LogP contribution in [0, 0.1) is 0 Å². The van der Waals surface area contributed by atoms with Crippen LogP contribution in [0.5, 0.6) is 0 Å². The van der Waals surface area contributed by atoms with E-state index in [9.17, 15) is 9.59 Å². The number of piperazine rings is 1. The maximum absolute atomic E-state index is 12.5. The molecule has 26 heavy (non-hydrogen) atoms. The third-order valence-corrected chi connectivity index (χ3v) is 4.83. The highest BCUT2D eigenvalue weighted by Gasteiger charge is 2.31. The largest absolute Gasteiger partial charge is 0.444 e. The molecule has 142 valence electrons. The Bertz CT molecular complexity index is 662. The Labute approximate surface area is 155 Å². The monoisotopic (exact) mass is 359 g/mol. The number of carbonyl (C=O) groups excluding carboxylic acids is 2. The Morgan fingerprint density at radius 1 is 1.23 bits per heavy atom. The van der Waals surface area contributed by atoms with Crippen molar-refractivity contribution in [3.8, 4) is 0 Å². The highest BCUT2D eigenvalue weighted by atomic mass is 16.6. The number of carbonyl (C=O) groups is 2. The van der Waals surface area contributed by atoms with E-state index in [1.165, 1.54) is 18.4 Å². The average molecular weight is 359 g/mol. The van der Waals surface area contributed by atoms with E-state index in [-0.39, 0.29) is 17.9 Å². The first-order chi connectivity index (χ1) is 12.2. The summed E-state index contributed by atoms with van der Waals surface area (Å²) in [5, 5.41) is 0. The van der Waals surface area contributed by atoms with Gasteiger partial charge in [-0.3, -0.25) is 14.7 Å². The van der Waals surface area contributed by atoms with Crippen molar-refractivity contribution in [2.45, 2.75) is 58.1 Å². The fraction of sp³-hybridized carbons (Fsp3) is 0.650. The molecule has 2 aliphatic rings. The van der Waals surface area contributed by atoms with E-state index < -0.39 is 5.60 Å². The van der Waals surface area contributed by atoms with Gasteiger partial charge in [0.1, 0.15) is 11.3 Å². The molecule has 2 heterocycles. The van der Waals surface area contributed by atoms with Crippen molar-refractivity contribution in [2.75, 3.05) is 26.2 Å². The van der Waals surface area contributed by atoms with E-state index in [1.54, 1.807) is 4.90 Å². The number of ether oxygens (including phenoxy) is 1. The molecule has 1 atom stereocenters. The molecular formula is C20H29N3O3. The van der Waals surface area contributed by atoms with Gasteiger partial charge in [0.25, 0.3) is 0 Å². The third-order valence-electron chi connectivity index (χ3n) is 4.83. The Morgan fingerprint density at radius 3 is 2.50 bits per heavy atom. The fourth-order valence-corrected chi connectivity index (χ4v) is 3.28. The average Bonchev–Trinajstić information content (AvgIpc) is 3.38. The Kier molecular flexibility index (Phi) is 5.32. The van der Waals surface area contributed by atoms with E-state index in [4.69, 9.17) is 4.74 Å². The van der Waals surface area contributed by atoms with Gasteiger partial charge in [-0.25, -0.2) is 4.79 Å². The summed E-state index contributed by atoms with van der Waals surface area (Å²) in [5.41, 5.74) is 1.26. The number of hydrogen-bond donors (Lipinski definition) is 0. The standard InChI is InChI=1S/C20H29N3O3/c1-14-12-22(9-10-23(14)19(25)26-20(2,3)4)13-18(24)17-8-7-16(11-21-17)15-5-6-15/h7-8,11,14-15H,5-6,9-10,12-13H2,1-4H3/t14-/m1/s1. The second kappa shape index (κ2) is 7.35. The first-order valence-corrected chi connectivity index (χ1v) is 9.44. The predicted octanol–water partition coefficient (Wildman–Crippen LogP) is 3.08. The van der Waals surface area contributed by atoms with Crippen molar-refractivity contribution in [3.63, 3.8) is 0 Å². The molecule has 1 aliphatic heterocycles. The summed E-state index contributed by atoms with van der Waals surface area (Å²) in [6, 6.07) is 3.88. The van der Waals surface area contributed by atoms with Crippen molar-refractivity contribution in [1.82, 2.24) is 14.8 Å². The lowest BCUT2D eigenvalue weighted by Crippen LogP contribution is -2.55. The molecule has 0 N–H and O–H groups in total. The van der Waals surface area contributed by atoms with Gasteiger partial charge in [0.2, 0.25) is 0 Å². The van der Waals surface area contributed by atoms with Gasteiger partial charge in [-0.2, -0.15) is 0 Å². The molecule has 1 aromatic heterocycles. The normalized spacial score (nSPS) is 21.5. The van der Waals surface area contributed by atoms with Crippen molar-refractivity contribution in [3.05, 3.63) is 29.6 Å². The molecule has 0 unspecified atom stereocenters. The summed E-state index contributed by atoms with van der Waals surface area (Å²) in [6.07, 6.45) is 4.02. The minimum atomic E-state index is -0.498. The Morgan fingerprint density at radius 2 is 1.96 bits per heavy atom. The van der Waals surface area contributed by atoms with Gasteiger partial charge in [-0.15, -0.1) is 0 Å². The molecule has 6 heteroatoms. The van der Waals surface area contributed by atoms with Crippen LogP contribution in [0.1, 0.15) is 62.5 Å². The number of nitrogens with zero attached hydrogens (tertiary/aromatic N) is 3. The first kappa shape index (κ1) is 18.8. The van der Waals surface area contributed by atoms with Crippen LogP contribution < -0.4 is 0 Å². The predicted molar refractivity (Wildman–Crippen MR) is 99.4 cm³/mol. The summed E-state index contributed by atoms with van der Waals surface area (Å²) >= 11 is 0. The lowest BCUT2D eigenvalue weighted by atomic mass is 10.1. The van der Waals surface area contributed by atoms with Crippen molar-refractivity contribution >= 4 is 11.9 Å². The van der Waals surface area contributed by atoms with Crippen LogP contribution in [0.2, 0.25) is 0 Å². The fourth-order valence-electron chi connectivity index (χ4n) is 3.28. The number of aromatic nitrogens is 1. The topological polar surface area (TPSA) is 62.7 Å². The highest BCUT2D eigenvalue weighted by Crippen LogP contribution is 2.39. The van der Waals surface area contributed by atoms with E-state index >= 15 is 0 Å². The van der Waals surface area contributed by atoms with Gasteiger partial charge in [0, 0.05) is 31.9 Å². The minimum absolute atomic E-state index is 0.0107. The number of pyridine rings is 1. The quantitative estimate of drug-likeness (QED) is 0.773. The molecule has 1 amide bonds. The summed E-state index contributed by atoms with van der Waals surface area (Å²) in [6.45, 7) is 9.81. The minimum Gasteiger partial charge on any atom is -0.444 e. The lowest BCUT2D eigenvalue weighted by molar-refractivity contribution is 0.00218. The summed E-state index contributed by atoms with van der Waals surface area (Å²) in [7, 11) is 0. The van der Waals surface area contributed by atoms with Crippen molar-refractivity contribution in [1.29, 1.82) is 0 Å². The summed E-state index contributed by atoms with van der Waals surface area (Å²) in [4.78, 5) is 33.0. The first-order valence-electron chi connectivity index (χ1n) is 9.44. The molecule has 0 spiro atoms. The maximum atomic E-state index is 12.5. The second-order valence-corrected chi connectivity index (χ2v) is 8.43. The van der Waals surface area contributed by atoms with Gasteiger partial charge in [-0.05, 0) is 58.1 Å². The van der Waals surface area contributed by atoms with E-state index in [0.717, 1.165) is 0 Å². The van der Waals surface area contributed by atoms with Crippen LogP contribution in [0.4, 0.5) is 4.79 Å². The van der Waals surface area contributed by atoms with Gasteiger partial charge < -0.3 is 9.64 Å². The number of Topliss-reactive ketones (excluding diaryl/α,β-unsaturated/α-hetero) is 1. The van der Waals surface area contributed by atoms with E-state index in [0.29, 0.717) is 37.8 Å². The molecule has 1 aliphatic carbocycles. The molecule has 0 aromatic carbocycles. The van der Waals surface area contributed by atoms with Gasteiger partial charge in [-0.1, -0.05) is 6.07 Å². The molecule has 1 saturated carbocycles. The molecule has 6 nitrogen and oxygen atoms in total. The lowest BCUT2D eigenvalue weighted by Gasteiger charge is -2.39. The van der Waals surface area contributed by atoms with Crippen LogP contribution >= 0.6 is 0 Å². The second-order valence-electron chi connectivity index (χ2n) is 8.43. The van der Waals surface area contributed by atoms with Crippen LogP contribution in [0.25, 0.3) is 0 Å². The number of rotatable bonds is 4.